The van der Waals surface area contributed by atoms with Crippen molar-refractivity contribution >= 4 is 0 Å². The molecule has 0 atom stereocenters. The van der Waals surface area contributed by atoms with Crippen LogP contribution < -0.4 is 0 Å². The molecule has 28 heavy (non-hydrogen) atoms. The van der Waals surface area contributed by atoms with Gasteiger partial charge in [0.1, 0.15) is 11.2 Å². The molecule has 0 amide bonds. The maximum absolute atomic E-state index is 6.02. The van der Waals surface area contributed by atoms with Gasteiger partial charge in [-0.15, -0.1) is 0 Å². The number of aryl methyl sites for hydroxylation is 2. The Labute approximate surface area is 172 Å². The third kappa shape index (κ3) is 6.46. The number of hydrogen-bond acceptors (Lipinski definition) is 2. The van der Waals surface area contributed by atoms with E-state index in [1.165, 1.54) is 36.8 Å². The van der Waals surface area contributed by atoms with Crippen LogP contribution in [0.25, 0.3) is 0 Å². The topological polar surface area (TPSA) is 18.5 Å². The summed E-state index contributed by atoms with van der Waals surface area (Å²) in [5.74, 6) is 0. The molecule has 0 aliphatic carbocycles. The Hall–Kier alpha value is -1.64. The highest BCUT2D eigenvalue weighted by molar-refractivity contribution is 5.29. The fraction of sp³-hybridized carbons (Fsp3) is 0.538. The van der Waals surface area contributed by atoms with E-state index < -0.39 is 11.2 Å². The zero-order valence-corrected chi connectivity index (χ0v) is 18.7. The van der Waals surface area contributed by atoms with Crippen molar-refractivity contribution in [2.75, 3.05) is 0 Å². The molecule has 0 aromatic heterocycles. The Balaban J connectivity index is 2.08. The second-order valence-corrected chi connectivity index (χ2v) is 8.80. The highest BCUT2D eigenvalue weighted by atomic mass is 17.2. The van der Waals surface area contributed by atoms with Gasteiger partial charge in [0.25, 0.3) is 0 Å². The van der Waals surface area contributed by atoms with E-state index in [4.69, 9.17) is 9.78 Å². The maximum Gasteiger partial charge on any atom is 0.123 e. The van der Waals surface area contributed by atoms with Crippen molar-refractivity contribution in [3.8, 4) is 0 Å². The zero-order valence-electron chi connectivity index (χ0n) is 18.7. The average molecular weight is 383 g/mol. The predicted molar refractivity (Wildman–Crippen MR) is 118 cm³/mol. The first-order valence-electron chi connectivity index (χ1n) is 10.8. The molecule has 2 aromatic carbocycles. The molecule has 2 nitrogen and oxygen atoms in total. The number of hydrogen-bond donors (Lipinski definition) is 0. The number of unbranched alkanes of at least 4 members (excludes halogenated alkanes) is 2. The molecule has 0 saturated heterocycles. The van der Waals surface area contributed by atoms with E-state index in [0.717, 1.165) is 24.0 Å². The summed E-state index contributed by atoms with van der Waals surface area (Å²) in [7, 11) is 0. The van der Waals surface area contributed by atoms with Gasteiger partial charge in [0.2, 0.25) is 0 Å². The molecule has 0 N–H and O–H groups in total. The first-order valence-corrected chi connectivity index (χ1v) is 10.8. The molecule has 2 heteroatoms. The molecule has 0 radical (unpaired) electrons. The van der Waals surface area contributed by atoms with E-state index in [1.54, 1.807) is 0 Å². The van der Waals surface area contributed by atoms with Gasteiger partial charge in [-0.2, -0.15) is 0 Å². The van der Waals surface area contributed by atoms with Gasteiger partial charge in [0, 0.05) is 0 Å². The van der Waals surface area contributed by atoms with Crippen LogP contribution in [0.15, 0.2) is 48.5 Å². The Morgan fingerprint density at radius 1 is 0.643 bits per heavy atom. The summed E-state index contributed by atoms with van der Waals surface area (Å²) in [6.45, 7) is 12.7. The van der Waals surface area contributed by atoms with Crippen molar-refractivity contribution in [3.63, 3.8) is 0 Å². The second kappa shape index (κ2) is 10.2. The first-order chi connectivity index (χ1) is 13.3. The molecule has 0 bridgehead atoms. The minimum Gasteiger partial charge on any atom is -0.225 e. The molecule has 0 unspecified atom stereocenters. The molecular formula is C26H38O2. The van der Waals surface area contributed by atoms with Crippen molar-refractivity contribution in [2.45, 2.75) is 91.3 Å². The van der Waals surface area contributed by atoms with Crippen molar-refractivity contribution < 1.29 is 9.78 Å². The van der Waals surface area contributed by atoms with Gasteiger partial charge in [-0.25, -0.2) is 9.78 Å². The number of rotatable bonds is 11. The van der Waals surface area contributed by atoms with Crippen LogP contribution in [0.1, 0.15) is 89.5 Å². The summed E-state index contributed by atoms with van der Waals surface area (Å²) in [5.41, 5.74) is 3.98. The predicted octanol–water partition coefficient (Wildman–Crippen LogP) is 7.49. The highest BCUT2D eigenvalue weighted by Gasteiger charge is 2.30. The molecule has 0 spiro atoms. The van der Waals surface area contributed by atoms with Gasteiger partial charge >= 0.3 is 0 Å². The largest absolute Gasteiger partial charge is 0.225 e. The highest BCUT2D eigenvalue weighted by Crippen LogP contribution is 2.32. The van der Waals surface area contributed by atoms with Gasteiger partial charge in [-0.3, -0.25) is 0 Å². The zero-order chi connectivity index (χ0) is 20.6. The summed E-state index contributed by atoms with van der Waals surface area (Å²) < 4.78 is 0. The summed E-state index contributed by atoms with van der Waals surface area (Å²) >= 11 is 0. The molecule has 0 heterocycles. The molecule has 0 aliphatic heterocycles. The normalized spacial score (nSPS) is 12.4. The Bertz CT molecular complexity index is 667. The lowest BCUT2D eigenvalue weighted by atomic mass is 9.94. The van der Waals surface area contributed by atoms with Crippen LogP contribution in [-0.4, -0.2) is 0 Å². The third-order valence-corrected chi connectivity index (χ3v) is 5.34. The minimum absolute atomic E-state index is 0.515. The summed E-state index contributed by atoms with van der Waals surface area (Å²) in [6.07, 6.45) is 7.05. The third-order valence-electron chi connectivity index (χ3n) is 5.34. The first kappa shape index (κ1) is 22.6. The van der Waals surface area contributed by atoms with Crippen LogP contribution in [0.3, 0.4) is 0 Å². The van der Waals surface area contributed by atoms with Crippen molar-refractivity contribution in [1.29, 1.82) is 0 Å². The fourth-order valence-electron chi connectivity index (χ4n) is 3.27. The standard InChI is InChI=1S/C26H38O2/c1-7-9-13-21-15-11-17-23(19-21)25(3,4)27-28-26(5,6)24-18-12-16-22(20-24)14-10-8-2/h11-12,15-20H,7-10,13-14H2,1-6H3. The van der Waals surface area contributed by atoms with Gasteiger partial charge in [-0.05, 0) is 75.6 Å². The summed E-state index contributed by atoms with van der Waals surface area (Å²) in [6, 6.07) is 17.4. The maximum atomic E-state index is 6.02. The molecule has 154 valence electrons. The molecular weight excluding hydrogens is 344 g/mol. The summed E-state index contributed by atoms with van der Waals surface area (Å²) in [4.78, 5) is 12.0. The van der Waals surface area contributed by atoms with E-state index in [2.05, 4.69) is 90.1 Å². The van der Waals surface area contributed by atoms with E-state index in [0.29, 0.717) is 0 Å². The Kier molecular flexibility index (Phi) is 8.27. The molecule has 2 rings (SSSR count). The quantitative estimate of drug-likeness (QED) is 0.296. The van der Waals surface area contributed by atoms with Gasteiger partial charge in [0.15, 0.2) is 0 Å². The van der Waals surface area contributed by atoms with Crippen LogP contribution in [0.4, 0.5) is 0 Å². The second-order valence-electron chi connectivity index (χ2n) is 8.80. The van der Waals surface area contributed by atoms with Crippen molar-refractivity contribution in [3.05, 3.63) is 70.8 Å². The smallest absolute Gasteiger partial charge is 0.123 e. The Morgan fingerprint density at radius 3 is 1.39 bits per heavy atom. The number of benzene rings is 2. The molecule has 0 saturated carbocycles. The van der Waals surface area contributed by atoms with E-state index in [1.807, 2.05) is 0 Å². The van der Waals surface area contributed by atoms with Gasteiger partial charge in [-0.1, -0.05) is 75.2 Å². The minimum atomic E-state index is -0.515. The van der Waals surface area contributed by atoms with E-state index in [9.17, 15) is 0 Å². The van der Waals surface area contributed by atoms with E-state index >= 15 is 0 Å². The van der Waals surface area contributed by atoms with Crippen LogP contribution in [0.2, 0.25) is 0 Å². The molecule has 0 fully saturated rings. The van der Waals surface area contributed by atoms with Gasteiger partial charge < -0.3 is 0 Å². The lowest BCUT2D eigenvalue weighted by Crippen LogP contribution is -2.29. The van der Waals surface area contributed by atoms with Crippen LogP contribution >= 0.6 is 0 Å². The van der Waals surface area contributed by atoms with Crippen LogP contribution in [-0.2, 0) is 33.8 Å². The van der Waals surface area contributed by atoms with Gasteiger partial charge in [0.05, 0.1) is 0 Å². The van der Waals surface area contributed by atoms with Crippen molar-refractivity contribution in [1.82, 2.24) is 0 Å². The lowest BCUT2D eigenvalue weighted by Gasteiger charge is -2.31. The van der Waals surface area contributed by atoms with E-state index in [-0.39, 0.29) is 0 Å². The molecule has 2 aromatic rings. The Morgan fingerprint density at radius 2 is 1.04 bits per heavy atom. The fourth-order valence-corrected chi connectivity index (χ4v) is 3.27. The van der Waals surface area contributed by atoms with Crippen LogP contribution in [0, 0.1) is 0 Å². The lowest BCUT2D eigenvalue weighted by molar-refractivity contribution is -0.410. The monoisotopic (exact) mass is 382 g/mol. The van der Waals surface area contributed by atoms with Crippen LogP contribution in [0.5, 0.6) is 0 Å². The molecule has 0 aliphatic rings. The summed E-state index contributed by atoms with van der Waals surface area (Å²) in [5, 5.41) is 0. The average Bonchev–Trinajstić information content (AvgIpc) is 2.70. The van der Waals surface area contributed by atoms with Crippen molar-refractivity contribution in [2.24, 2.45) is 0 Å². The SMILES string of the molecule is CCCCc1cccc(C(C)(C)OOC(C)(C)c2cccc(CCCC)c2)c1.